The van der Waals surface area contributed by atoms with Crippen LogP contribution in [0.2, 0.25) is 0 Å². The molecule has 0 bridgehead atoms. The van der Waals surface area contributed by atoms with Crippen molar-refractivity contribution in [3.63, 3.8) is 0 Å². The molecule has 2 N–H and O–H groups in total. The molecule has 6 nitrogen and oxygen atoms in total. The number of carbonyl (C=O) groups excluding carboxylic acids is 1. The fourth-order valence-electron chi connectivity index (χ4n) is 1.82. The van der Waals surface area contributed by atoms with Crippen LogP contribution in [-0.2, 0) is 14.3 Å². The minimum atomic E-state index is -0.934. The van der Waals surface area contributed by atoms with Crippen molar-refractivity contribution in [2.24, 2.45) is 0 Å². The van der Waals surface area contributed by atoms with E-state index in [1.807, 2.05) is 18.7 Å². The maximum atomic E-state index is 12.0. The van der Waals surface area contributed by atoms with Crippen LogP contribution in [0.15, 0.2) is 11.6 Å². The van der Waals surface area contributed by atoms with E-state index in [0.717, 1.165) is 0 Å². The van der Waals surface area contributed by atoms with Crippen molar-refractivity contribution in [3.8, 4) is 0 Å². The first-order valence-corrected chi connectivity index (χ1v) is 6.44. The van der Waals surface area contributed by atoms with Gasteiger partial charge in [-0.2, -0.15) is 0 Å². The van der Waals surface area contributed by atoms with Gasteiger partial charge in [-0.15, -0.1) is 0 Å². The molecule has 1 aliphatic heterocycles. The van der Waals surface area contributed by atoms with Gasteiger partial charge >= 0.3 is 5.97 Å². The Morgan fingerprint density at radius 2 is 2.21 bits per heavy atom. The van der Waals surface area contributed by atoms with Gasteiger partial charge in [0.25, 0.3) is 0 Å². The molecule has 1 heterocycles. The maximum absolute atomic E-state index is 12.0. The fourth-order valence-corrected chi connectivity index (χ4v) is 1.82. The zero-order chi connectivity index (χ0) is 14.4. The van der Waals surface area contributed by atoms with Crippen LogP contribution in [0, 0.1) is 0 Å². The van der Waals surface area contributed by atoms with E-state index in [1.54, 1.807) is 13.0 Å². The van der Waals surface area contributed by atoms with Crippen LogP contribution < -0.4 is 5.32 Å². The van der Waals surface area contributed by atoms with E-state index in [1.165, 1.54) is 0 Å². The number of aliphatic carboxylic acids is 1. The molecular weight excluding hydrogens is 248 g/mol. The Labute approximate surface area is 113 Å². The molecule has 0 aromatic rings. The van der Waals surface area contributed by atoms with Crippen molar-refractivity contribution in [2.45, 2.75) is 32.9 Å². The van der Waals surface area contributed by atoms with Gasteiger partial charge in [0, 0.05) is 24.7 Å². The smallest absolute Gasteiger partial charge is 0.330 e. The third-order valence-electron chi connectivity index (χ3n) is 2.94. The van der Waals surface area contributed by atoms with Crippen LogP contribution in [0.4, 0.5) is 0 Å². The van der Waals surface area contributed by atoms with Crippen molar-refractivity contribution in [1.82, 2.24) is 10.2 Å². The molecule has 0 aromatic heterocycles. The zero-order valence-electron chi connectivity index (χ0n) is 11.7. The highest BCUT2D eigenvalue weighted by Crippen LogP contribution is 2.08. The normalized spacial score (nSPS) is 21.5. The lowest BCUT2D eigenvalue weighted by atomic mass is 10.2. The summed E-state index contributed by atoms with van der Waals surface area (Å²) in [6.07, 6.45) is 1.63. The Bertz CT molecular complexity index is 366. The summed E-state index contributed by atoms with van der Waals surface area (Å²) in [5, 5.41) is 11.7. The summed E-state index contributed by atoms with van der Waals surface area (Å²) in [5.74, 6) is -1.01. The summed E-state index contributed by atoms with van der Waals surface area (Å²) in [5.41, 5.74) is 0.287. The first-order valence-electron chi connectivity index (χ1n) is 6.44. The van der Waals surface area contributed by atoms with E-state index in [2.05, 4.69) is 5.32 Å². The SMILES string of the molecule is C/C(=C/CN1CCOCC1C(=O)NC(C)C)C(=O)O. The van der Waals surface area contributed by atoms with Gasteiger partial charge in [-0.1, -0.05) is 6.08 Å². The van der Waals surface area contributed by atoms with Crippen LogP contribution in [0.25, 0.3) is 0 Å². The minimum Gasteiger partial charge on any atom is -0.478 e. The van der Waals surface area contributed by atoms with E-state index in [4.69, 9.17) is 9.84 Å². The number of carboxylic acid groups (broad SMARTS) is 1. The molecular formula is C13H22N2O4. The summed E-state index contributed by atoms with van der Waals surface area (Å²) in [6.45, 7) is 7.33. The molecule has 1 saturated heterocycles. The average Bonchev–Trinajstić information content (AvgIpc) is 2.35. The van der Waals surface area contributed by atoms with Gasteiger partial charge in [0.05, 0.1) is 13.2 Å². The average molecular weight is 270 g/mol. The fraction of sp³-hybridized carbons (Fsp3) is 0.692. The molecule has 1 amide bonds. The van der Waals surface area contributed by atoms with Gasteiger partial charge in [-0.3, -0.25) is 9.69 Å². The van der Waals surface area contributed by atoms with Gasteiger partial charge in [0.1, 0.15) is 6.04 Å². The van der Waals surface area contributed by atoms with E-state index < -0.39 is 5.97 Å². The highest BCUT2D eigenvalue weighted by Gasteiger charge is 2.28. The lowest BCUT2D eigenvalue weighted by Crippen LogP contribution is -2.54. The van der Waals surface area contributed by atoms with E-state index in [0.29, 0.717) is 26.3 Å². The summed E-state index contributed by atoms with van der Waals surface area (Å²) < 4.78 is 5.33. The van der Waals surface area contributed by atoms with Crippen molar-refractivity contribution < 1.29 is 19.4 Å². The van der Waals surface area contributed by atoms with Crippen LogP contribution in [-0.4, -0.2) is 60.3 Å². The van der Waals surface area contributed by atoms with Crippen LogP contribution in [0.5, 0.6) is 0 Å². The van der Waals surface area contributed by atoms with E-state index in [9.17, 15) is 9.59 Å². The lowest BCUT2D eigenvalue weighted by Gasteiger charge is -2.34. The molecule has 0 radical (unpaired) electrons. The monoisotopic (exact) mass is 270 g/mol. The van der Waals surface area contributed by atoms with Crippen LogP contribution >= 0.6 is 0 Å². The van der Waals surface area contributed by atoms with E-state index in [-0.39, 0.29) is 23.6 Å². The molecule has 6 heteroatoms. The third kappa shape index (κ3) is 5.00. The number of hydrogen-bond donors (Lipinski definition) is 2. The Hall–Kier alpha value is -1.40. The second-order valence-electron chi connectivity index (χ2n) is 4.94. The lowest BCUT2D eigenvalue weighted by molar-refractivity contribution is -0.132. The van der Waals surface area contributed by atoms with Gasteiger partial charge < -0.3 is 15.2 Å². The largest absolute Gasteiger partial charge is 0.478 e. The summed E-state index contributed by atoms with van der Waals surface area (Å²) in [6, 6.07) is -0.276. The third-order valence-corrected chi connectivity index (χ3v) is 2.94. The quantitative estimate of drug-likeness (QED) is 0.700. The molecule has 1 rings (SSSR count). The first-order chi connectivity index (χ1) is 8.91. The predicted octanol–water partition coefficient (Wildman–Crippen LogP) is 0.243. The van der Waals surface area contributed by atoms with Gasteiger partial charge in [-0.25, -0.2) is 4.79 Å². The molecule has 19 heavy (non-hydrogen) atoms. The highest BCUT2D eigenvalue weighted by atomic mass is 16.5. The first kappa shape index (κ1) is 15.7. The number of morpholine rings is 1. The van der Waals surface area contributed by atoms with Crippen molar-refractivity contribution in [2.75, 3.05) is 26.3 Å². The van der Waals surface area contributed by atoms with Gasteiger partial charge in [0.15, 0.2) is 0 Å². The molecule has 1 atom stereocenters. The molecule has 1 unspecified atom stereocenters. The van der Waals surface area contributed by atoms with Crippen LogP contribution in [0.3, 0.4) is 0 Å². The second kappa shape index (κ2) is 7.25. The van der Waals surface area contributed by atoms with Crippen molar-refractivity contribution >= 4 is 11.9 Å². The summed E-state index contributed by atoms with van der Waals surface area (Å²) in [7, 11) is 0. The predicted molar refractivity (Wildman–Crippen MR) is 70.9 cm³/mol. The van der Waals surface area contributed by atoms with Crippen LogP contribution in [0.1, 0.15) is 20.8 Å². The number of amides is 1. The summed E-state index contributed by atoms with van der Waals surface area (Å²) >= 11 is 0. The van der Waals surface area contributed by atoms with Crippen molar-refractivity contribution in [3.05, 3.63) is 11.6 Å². The number of carboxylic acids is 1. The Kier molecular flexibility index (Phi) is 5.98. The number of nitrogens with one attached hydrogen (secondary N) is 1. The number of rotatable bonds is 5. The molecule has 0 spiro atoms. The number of ether oxygens (including phenoxy) is 1. The molecule has 1 fully saturated rings. The molecule has 0 aromatic carbocycles. The molecule has 108 valence electrons. The molecule has 0 aliphatic carbocycles. The summed E-state index contributed by atoms with van der Waals surface area (Å²) in [4.78, 5) is 24.7. The van der Waals surface area contributed by atoms with Crippen molar-refractivity contribution in [1.29, 1.82) is 0 Å². The van der Waals surface area contributed by atoms with Gasteiger partial charge in [0.2, 0.25) is 5.91 Å². The number of nitrogens with zero attached hydrogens (tertiary/aromatic N) is 1. The number of carbonyl (C=O) groups is 2. The number of hydrogen-bond acceptors (Lipinski definition) is 4. The Morgan fingerprint density at radius 3 is 2.79 bits per heavy atom. The molecule has 0 saturated carbocycles. The topological polar surface area (TPSA) is 78.9 Å². The highest BCUT2D eigenvalue weighted by molar-refractivity contribution is 5.86. The molecule has 1 aliphatic rings. The zero-order valence-corrected chi connectivity index (χ0v) is 11.7. The Balaban J connectivity index is 2.65. The second-order valence-corrected chi connectivity index (χ2v) is 4.94. The van der Waals surface area contributed by atoms with E-state index >= 15 is 0 Å². The minimum absolute atomic E-state index is 0.0731. The Morgan fingerprint density at radius 1 is 1.53 bits per heavy atom. The van der Waals surface area contributed by atoms with Gasteiger partial charge in [-0.05, 0) is 20.8 Å². The maximum Gasteiger partial charge on any atom is 0.330 e. The standard InChI is InChI=1S/C13H22N2O4/c1-9(2)14-12(16)11-8-19-7-6-15(11)5-4-10(3)13(17)18/h4,9,11H,5-8H2,1-3H3,(H,14,16)(H,17,18)/b10-4-.